The van der Waals surface area contributed by atoms with E-state index in [1.54, 1.807) is 5.01 Å². The monoisotopic (exact) mass is 199 g/mol. The summed E-state index contributed by atoms with van der Waals surface area (Å²) >= 11 is 0. The number of ketones is 1. The number of rotatable bonds is 6. The summed E-state index contributed by atoms with van der Waals surface area (Å²) in [7, 11) is 0. The van der Waals surface area contributed by atoms with Crippen LogP contribution >= 0.6 is 0 Å². The lowest BCUT2D eigenvalue weighted by atomic mass is 10.2. The molecule has 0 aromatic rings. The van der Waals surface area contributed by atoms with Gasteiger partial charge in [-0.2, -0.15) is 0 Å². The Morgan fingerprint density at radius 3 is 3.00 bits per heavy atom. The maximum Gasteiger partial charge on any atom is 0.228 e. The standard InChI is InChI=1S/C9H17N3O2/c1-2-3-4-5-12-9(8(14)6-13)10-7-11-12/h6,9-11H,2-5,7H2,1H3. The molecule has 0 radical (unpaired) electrons. The van der Waals surface area contributed by atoms with Crippen LogP contribution in [0.25, 0.3) is 0 Å². The molecule has 0 saturated carbocycles. The Morgan fingerprint density at radius 1 is 1.57 bits per heavy atom. The van der Waals surface area contributed by atoms with E-state index in [1.165, 1.54) is 0 Å². The van der Waals surface area contributed by atoms with Gasteiger partial charge in [-0.05, 0) is 6.42 Å². The van der Waals surface area contributed by atoms with Crippen molar-refractivity contribution in [3.8, 4) is 0 Å². The van der Waals surface area contributed by atoms with Gasteiger partial charge in [0.15, 0.2) is 6.29 Å². The van der Waals surface area contributed by atoms with Crippen molar-refractivity contribution in [1.29, 1.82) is 0 Å². The Hall–Kier alpha value is -0.780. The molecule has 2 N–H and O–H groups in total. The second kappa shape index (κ2) is 5.85. The predicted octanol–water partition coefficient (Wildman–Crippen LogP) is -0.362. The van der Waals surface area contributed by atoms with Gasteiger partial charge in [0, 0.05) is 6.54 Å². The second-order valence-corrected chi connectivity index (χ2v) is 3.36. The molecule has 14 heavy (non-hydrogen) atoms. The predicted molar refractivity (Wildman–Crippen MR) is 52.2 cm³/mol. The van der Waals surface area contributed by atoms with Crippen molar-refractivity contribution in [3.63, 3.8) is 0 Å². The minimum absolute atomic E-state index is 0.373. The van der Waals surface area contributed by atoms with Crippen molar-refractivity contribution < 1.29 is 9.59 Å². The lowest BCUT2D eigenvalue weighted by Crippen LogP contribution is -2.46. The van der Waals surface area contributed by atoms with E-state index in [0.717, 1.165) is 25.8 Å². The maximum absolute atomic E-state index is 11.1. The molecule has 5 heteroatoms. The van der Waals surface area contributed by atoms with E-state index in [9.17, 15) is 9.59 Å². The van der Waals surface area contributed by atoms with Gasteiger partial charge < -0.3 is 0 Å². The molecular formula is C9H17N3O2. The number of carbonyl (C=O) groups excluding carboxylic acids is 2. The molecule has 1 aliphatic heterocycles. The summed E-state index contributed by atoms with van der Waals surface area (Å²) < 4.78 is 0. The van der Waals surface area contributed by atoms with Crippen molar-refractivity contribution in [1.82, 2.24) is 15.8 Å². The molecule has 80 valence electrons. The van der Waals surface area contributed by atoms with Gasteiger partial charge in [0.1, 0.15) is 6.17 Å². The summed E-state index contributed by atoms with van der Waals surface area (Å²) in [4.78, 5) is 21.5. The van der Waals surface area contributed by atoms with Crippen LogP contribution in [0.1, 0.15) is 26.2 Å². The fourth-order valence-corrected chi connectivity index (χ4v) is 1.50. The van der Waals surface area contributed by atoms with Crippen molar-refractivity contribution >= 4 is 12.1 Å². The fourth-order valence-electron chi connectivity index (χ4n) is 1.50. The van der Waals surface area contributed by atoms with Gasteiger partial charge in [-0.3, -0.25) is 14.9 Å². The minimum Gasteiger partial charge on any atom is -0.294 e. The number of aldehydes is 1. The van der Waals surface area contributed by atoms with Crippen LogP contribution in [0, 0.1) is 0 Å². The summed E-state index contributed by atoms with van der Waals surface area (Å²) in [6.45, 7) is 3.48. The number of unbranched alkanes of at least 4 members (excludes halogenated alkanes) is 2. The Morgan fingerprint density at radius 2 is 2.36 bits per heavy atom. The van der Waals surface area contributed by atoms with E-state index in [2.05, 4.69) is 17.7 Å². The van der Waals surface area contributed by atoms with Crippen LogP contribution in [0.2, 0.25) is 0 Å². The topological polar surface area (TPSA) is 61.4 Å². The molecule has 1 rings (SSSR count). The van der Waals surface area contributed by atoms with Crippen molar-refractivity contribution in [2.45, 2.75) is 32.4 Å². The molecule has 0 amide bonds. The Kier molecular flexibility index (Phi) is 4.72. The molecule has 1 atom stereocenters. The van der Waals surface area contributed by atoms with Gasteiger partial charge in [0.2, 0.25) is 5.78 Å². The van der Waals surface area contributed by atoms with Crippen molar-refractivity contribution in [3.05, 3.63) is 0 Å². The van der Waals surface area contributed by atoms with E-state index in [0.29, 0.717) is 13.0 Å². The van der Waals surface area contributed by atoms with E-state index in [1.807, 2.05) is 0 Å². The summed E-state index contributed by atoms with van der Waals surface area (Å²) in [5.41, 5.74) is 3.02. The first-order valence-electron chi connectivity index (χ1n) is 5.02. The first-order valence-corrected chi connectivity index (χ1v) is 5.02. The van der Waals surface area contributed by atoms with E-state index >= 15 is 0 Å². The average molecular weight is 199 g/mol. The number of hydrogen-bond donors (Lipinski definition) is 2. The Balaban J connectivity index is 2.35. The molecule has 0 bridgehead atoms. The van der Waals surface area contributed by atoms with Gasteiger partial charge in [0.25, 0.3) is 0 Å². The smallest absolute Gasteiger partial charge is 0.228 e. The molecule has 1 aliphatic rings. The zero-order valence-electron chi connectivity index (χ0n) is 8.45. The largest absolute Gasteiger partial charge is 0.294 e. The van der Waals surface area contributed by atoms with Crippen LogP contribution in [0.4, 0.5) is 0 Å². The zero-order chi connectivity index (χ0) is 10.4. The summed E-state index contributed by atoms with van der Waals surface area (Å²) in [5.74, 6) is -0.411. The SMILES string of the molecule is CCCCCN1NCNC1C(=O)C=O. The molecule has 1 saturated heterocycles. The molecule has 1 fully saturated rings. The third kappa shape index (κ3) is 2.87. The van der Waals surface area contributed by atoms with E-state index in [4.69, 9.17) is 0 Å². The highest BCUT2D eigenvalue weighted by atomic mass is 16.2. The van der Waals surface area contributed by atoms with Crippen molar-refractivity contribution in [2.75, 3.05) is 13.2 Å². The lowest BCUT2D eigenvalue weighted by molar-refractivity contribution is -0.133. The van der Waals surface area contributed by atoms with E-state index in [-0.39, 0.29) is 0 Å². The average Bonchev–Trinajstić information content (AvgIpc) is 2.65. The van der Waals surface area contributed by atoms with Crippen LogP contribution in [0.3, 0.4) is 0 Å². The van der Waals surface area contributed by atoms with Crippen LogP contribution in [0.15, 0.2) is 0 Å². The van der Waals surface area contributed by atoms with Crippen LogP contribution in [-0.2, 0) is 9.59 Å². The molecule has 0 aliphatic carbocycles. The van der Waals surface area contributed by atoms with Crippen LogP contribution < -0.4 is 10.7 Å². The molecule has 5 nitrogen and oxygen atoms in total. The third-order valence-corrected chi connectivity index (χ3v) is 2.28. The number of carbonyl (C=O) groups is 2. The molecular weight excluding hydrogens is 182 g/mol. The molecule has 0 aromatic heterocycles. The highest BCUT2D eigenvalue weighted by Crippen LogP contribution is 2.03. The number of hydrazine groups is 1. The first-order chi connectivity index (χ1) is 6.79. The Labute approximate surface area is 83.8 Å². The maximum atomic E-state index is 11.1. The highest BCUT2D eigenvalue weighted by Gasteiger charge is 2.28. The van der Waals surface area contributed by atoms with Crippen molar-refractivity contribution in [2.24, 2.45) is 0 Å². The molecule has 1 unspecified atom stereocenters. The van der Waals surface area contributed by atoms with E-state index < -0.39 is 11.9 Å². The first kappa shape index (κ1) is 11.3. The second-order valence-electron chi connectivity index (χ2n) is 3.36. The lowest BCUT2D eigenvalue weighted by Gasteiger charge is -2.20. The Bertz CT molecular complexity index is 208. The van der Waals surface area contributed by atoms with Gasteiger partial charge in [0.05, 0.1) is 6.67 Å². The quantitative estimate of drug-likeness (QED) is 0.347. The van der Waals surface area contributed by atoms with Gasteiger partial charge in [-0.1, -0.05) is 19.8 Å². The fraction of sp³-hybridized carbons (Fsp3) is 0.778. The summed E-state index contributed by atoms with van der Waals surface area (Å²) in [5, 5.41) is 4.72. The van der Waals surface area contributed by atoms with Crippen LogP contribution in [-0.4, -0.2) is 36.5 Å². The minimum atomic E-state index is -0.468. The zero-order valence-corrected chi connectivity index (χ0v) is 8.45. The number of nitrogens with one attached hydrogen (secondary N) is 2. The summed E-state index contributed by atoms with van der Waals surface area (Å²) in [6.07, 6.45) is 3.23. The van der Waals surface area contributed by atoms with Gasteiger partial charge in [-0.25, -0.2) is 10.4 Å². The normalized spacial score (nSPS) is 22.5. The highest BCUT2D eigenvalue weighted by molar-refractivity contribution is 6.27. The van der Waals surface area contributed by atoms with Crippen LogP contribution in [0.5, 0.6) is 0 Å². The van der Waals surface area contributed by atoms with Gasteiger partial charge >= 0.3 is 0 Å². The number of Topliss-reactive ketones (excluding diaryl/α,β-unsaturated/α-hetero) is 1. The molecule has 0 spiro atoms. The number of nitrogens with zero attached hydrogens (tertiary/aromatic N) is 1. The summed E-state index contributed by atoms with van der Waals surface area (Å²) in [6, 6.07) is 0. The van der Waals surface area contributed by atoms with Gasteiger partial charge in [-0.15, -0.1) is 0 Å². The molecule has 1 heterocycles. The number of hydrogen-bond acceptors (Lipinski definition) is 5. The third-order valence-electron chi connectivity index (χ3n) is 2.28. The molecule has 0 aromatic carbocycles.